The number of carbonyl (C=O) groups excluding carboxylic acids is 1. The third-order valence-corrected chi connectivity index (χ3v) is 16.1. The Morgan fingerprint density at radius 1 is 0.609 bits per heavy atom. The molecule has 0 bridgehead atoms. The van der Waals surface area contributed by atoms with Crippen LogP contribution in [0.2, 0.25) is 0 Å². The van der Waals surface area contributed by atoms with Gasteiger partial charge >= 0.3 is 16.4 Å². The third kappa shape index (κ3) is 43.4. The highest BCUT2D eigenvalue weighted by Gasteiger charge is 2.32. The highest BCUT2D eigenvalue weighted by atomic mass is 32.3. The summed E-state index contributed by atoms with van der Waals surface area (Å²) in [6, 6.07) is 0. The Balaban J connectivity index is 2.45. The first-order valence-electron chi connectivity index (χ1n) is 32.2. The third-order valence-electron chi connectivity index (χ3n) is 15.7. The molecule has 1 rings (SSSR count). The van der Waals surface area contributed by atoms with Crippen LogP contribution in [-0.2, 0) is 24.2 Å². The SMILES string of the molecule is C\C(=C/C=C/C=C/CC/C=C/C(C)C(O)C(C)C(O)/C=C/C=C/C=C/C=C/C=C/C=C\C(OS(=O)(=O)O)C(C)C(=O)C(O)CC(O)/C=C/CC(O)CC(O)CC(O)/C=C/CC(O)CC(O)/C=C/CC(O)CC(O)CCCN=C(N)NCCC1CCCCC1C)C(=O)O. The minimum absolute atomic E-state index is 0.0192. The molecular weight excluding hydrogens is 1200 g/mol. The summed E-state index contributed by atoms with van der Waals surface area (Å²) in [5, 5.41) is 127. The number of carbonyl (C=O) groups is 2. The van der Waals surface area contributed by atoms with Gasteiger partial charge in [0.25, 0.3) is 0 Å². The lowest BCUT2D eigenvalue weighted by molar-refractivity contribution is -0.134. The number of ketones is 1. The molecule has 21 nitrogen and oxygen atoms in total. The molecule has 1 saturated carbocycles. The largest absolute Gasteiger partial charge is 0.478 e. The van der Waals surface area contributed by atoms with Gasteiger partial charge in [-0.15, -0.1) is 0 Å². The molecule has 1 fully saturated rings. The molecule has 520 valence electrons. The second kappa shape index (κ2) is 50.0. The molecule has 0 radical (unpaired) electrons. The summed E-state index contributed by atoms with van der Waals surface area (Å²) in [6.45, 7) is 10.0. The fourth-order valence-electron chi connectivity index (χ4n) is 9.97. The fourth-order valence-corrected chi connectivity index (χ4v) is 10.5. The average molecular weight is 1310 g/mol. The summed E-state index contributed by atoms with van der Waals surface area (Å²) < 4.78 is 37.4. The zero-order chi connectivity index (χ0) is 68.9. The molecule has 1 aliphatic carbocycles. The minimum Gasteiger partial charge on any atom is -0.478 e. The summed E-state index contributed by atoms with van der Waals surface area (Å²) in [5.74, 6) is -1.94. The second-order valence-electron chi connectivity index (χ2n) is 24.0. The standard InChI is InChI=1S/C70H111N3O18S/c1-50-29-23-24-32-55(50)42-44-73-70(71)72-43-28-39-61(79)46-58(76)34-25-33-56(74)45-57(75)35-26-36-59(77)47-63(81)48-60(78)37-27-38-62(80)49-65(83)68(85)54(5)66(91-92(88,89)90)41-22-18-14-9-7-6-8-13-17-21-40-64(82)53(4)67(84)51(2)30-19-15-11-10-12-16-20-31-52(3)69(86)87/h6-10,12-14,16-22,25-27,30-31,33,36,38,40-41,50-51,53-67,74-84H,11,15,23-24,28-29,32,34-35,37,39,42-49H2,1-5H3,(H,86,87)(H3,71,72,73)(H,88,89,90)/b8-6+,9-7+,12-10+,17-13+,18-14+,20-16+,30-19+,33-25+,36-26+,38-27+,40-21+,41-22-,52-31+. The van der Waals surface area contributed by atoms with E-state index >= 15 is 0 Å². The van der Waals surface area contributed by atoms with Crippen molar-refractivity contribution in [2.45, 2.75) is 217 Å². The Kier molecular flexibility index (Phi) is 45.9. The normalized spacial score (nSPS) is 21.3. The monoisotopic (exact) mass is 1310 g/mol. The fraction of sp³-hybridized carbons (Fsp3) is 0.586. The van der Waals surface area contributed by atoms with Crippen LogP contribution >= 0.6 is 0 Å². The number of hydrogen-bond donors (Lipinski definition) is 15. The van der Waals surface area contributed by atoms with E-state index < -0.39 is 114 Å². The molecule has 0 aromatic carbocycles. The first kappa shape index (κ1) is 84.5. The van der Waals surface area contributed by atoms with Gasteiger partial charge in [0, 0.05) is 55.7 Å². The van der Waals surface area contributed by atoms with Gasteiger partial charge < -0.3 is 72.3 Å². The van der Waals surface area contributed by atoms with Crippen molar-refractivity contribution in [3.63, 3.8) is 0 Å². The number of aliphatic hydroxyl groups excluding tert-OH is 11. The van der Waals surface area contributed by atoms with E-state index in [0.29, 0.717) is 25.3 Å². The number of guanidine groups is 1. The van der Waals surface area contributed by atoms with Gasteiger partial charge in [-0.05, 0) is 83.0 Å². The number of aliphatic imine (C=N–C) groups is 1. The highest BCUT2D eigenvalue weighted by Crippen LogP contribution is 2.31. The van der Waals surface area contributed by atoms with Crippen LogP contribution in [0.1, 0.15) is 144 Å². The molecule has 17 unspecified atom stereocenters. The van der Waals surface area contributed by atoms with Gasteiger partial charge in [0.15, 0.2) is 11.7 Å². The average Bonchev–Trinajstić information content (AvgIpc) is 1.60. The summed E-state index contributed by atoms with van der Waals surface area (Å²) in [6.07, 6.45) is 35.4. The van der Waals surface area contributed by atoms with E-state index in [4.69, 9.17) is 15.0 Å². The molecule has 0 spiro atoms. The van der Waals surface area contributed by atoms with Crippen molar-refractivity contribution in [2.75, 3.05) is 13.1 Å². The number of carboxylic acids is 1. The van der Waals surface area contributed by atoms with Crippen LogP contribution in [0.4, 0.5) is 0 Å². The number of unbranched alkanes of at least 4 members (excludes halogenated alkanes) is 1. The highest BCUT2D eigenvalue weighted by molar-refractivity contribution is 7.80. The van der Waals surface area contributed by atoms with Gasteiger partial charge in [-0.3, -0.25) is 14.3 Å². The van der Waals surface area contributed by atoms with Crippen LogP contribution in [0, 0.1) is 29.6 Å². The molecule has 92 heavy (non-hydrogen) atoms. The lowest BCUT2D eigenvalue weighted by atomic mass is 9.79. The van der Waals surface area contributed by atoms with Crippen molar-refractivity contribution < 1.29 is 88.0 Å². The Morgan fingerprint density at radius 2 is 1.11 bits per heavy atom. The summed E-state index contributed by atoms with van der Waals surface area (Å²) in [7, 11) is -5.04. The zero-order valence-corrected chi connectivity index (χ0v) is 55.3. The first-order chi connectivity index (χ1) is 43.6. The second-order valence-corrected chi connectivity index (χ2v) is 25.0. The van der Waals surface area contributed by atoms with Crippen LogP contribution in [0.5, 0.6) is 0 Å². The number of carboxylic acid groups (broad SMARTS) is 1. The van der Waals surface area contributed by atoms with Crippen molar-refractivity contribution >= 4 is 28.1 Å². The van der Waals surface area contributed by atoms with E-state index in [1.54, 1.807) is 79.8 Å². The molecule has 0 amide bonds. The maximum atomic E-state index is 13.1. The van der Waals surface area contributed by atoms with Crippen LogP contribution < -0.4 is 11.1 Å². The van der Waals surface area contributed by atoms with E-state index in [1.807, 2.05) is 31.2 Å². The van der Waals surface area contributed by atoms with Crippen LogP contribution in [0.15, 0.2) is 162 Å². The minimum atomic E-state index is -5.04. The van der Waals surface area contributed by atoms with Crippen molar-refractivity contribution in [3.8, 4) is 0 Å². The van der Waals surface area contributed by atoms with Crippen LogP contribution in [0.25, 0.3) is 0 Å². The van der Waals surface area contributed by atoms with Crippen molar-refractivity contribution in [1.29, 1.82) is 0 Å². The Hall–Kier alpha value is -5.54. The lowest BCUT2D eigenvalue weighted by Crippen LogP contribution is -2.37. The predicted octanol–water partition coefficient (Wildman–Crippen LogP) is 7.13. The van der Waals surface area contributed by atoms with Gasteiger partial charge in [-0.25, -0.2) is 8.98 Å². The van der Waals surface area contributed by atoms with Gasteiger partial charge in [0.1, 0.15) is 12.2 Å². The molecule has 0 aromatic rings. The zero-order valence-electron chi connectivity index (χ0n) is 54.5. The topological polar surface area (TPSA) is 391 Å². The predicted molar refractivity (Wildman–Crippen MR) is 362 cm³/mol. The van der Waals surface area contributed by atoms with Gasteiger partial charge in [-0.1, -0.05) is 205 Å². The van der Waals surface area contributed by atoms with Gasteiger partial charge in [0.2, 0.25) is 0 Å². The molecule has 0 heterocycles. The Bertz CT molecular complexity index is 2610. The number of nitrogens with zero attached hydrogens (tertiary/aromatic N) is 1. The van der Waals surface area contributed by atoms with Crippen LogP contribution in [0.3, 0.4) is 0 Å². The maximum absolute atomic E-state index is 13.1. The number of aliphatic hydroxyl groups is 11. The van der Waals surface area contributed by atoms with E-state index in [1.165, 1.54) is 94.2 Å². The van der Waals surface area contributed by atoms with Crippen molar-refractivity contribution in [2.24, 2.45) is 40.3 Å². The summed E-state index contributed by atoms with van der Waals surface area (Å²) in [4.78, 5) is 28.3. The molecule has 0 aliphatic heterocycles. The quantitative estimate of drug-likeness (QED) is 0.00548. The number of nitrogens with two attached hydrogens (primary N) is 1. The number of Topliss-reactive ketones (excluding diaryl/α,β-unsaturated/α-hetero) is 1. The molecule has 17 atom stereocenters. The summed E-state index contributed by atoms with van der Waals surface area (Å²) in [5.41, 5.74) is 6.25. The summed E-state index contributed by atoms with van der Waals surface area (Å²) >= 11 is 0. The Morgan fingerprint density at radius 3 is 1.67 bits per heavy atom. The number of hydrogen-bond acceptors (Lipinski definition) is 17. The van der Waals surface area contributed by atoms with Gasteiger partial charge in [0.05, 0.1) is 61.0 Å². The molecule has 22 heteroatoms. The maximum Gasteiger partial charge on any atom is 0.397 e. The number of nitrogens with one attached hydrogen (secondary N) is 1. The Labute approximate surface area is 547 Å². The van der Waals surface area contributed by atoms with Crippen molar-refractivity contribution in [3.05, 3.63) is 157 Å². The number of rotatable bonds is 48. The van der Waals surface area contributed by atoms with Gasteiger partial charge in [-0.2, -0.15) is 8.42 Å². The molecule has 16 N–H and O–H groups in total. The molecule has 1 aliphatic rings. The van der Waals surface area contributed by atoms with E-state index in [0.717, 1.165) is 37.6 Å². The number of aliphatic carboxylic acids is 1. The van der Waals surface area contributed by atoms with E-state index in [2.05, 4.69) is 17.2 Å². The first-order valence-corrected chi connectivity index (χ1v) is 33.6. The smallest absolute Gasteiger partial charge is 0.397 e. The van der Waals surface area contributed by atoms with Crippen LogP contribution in [-0.4, -0.2) is 178 Å². The molecular formula is C70H111N3O18S. The lowest BCUT2D eigenvalue weighted by Gasteiger charge is -2.28. The number of allylic oxidation sites excluding steroid dienone is 16. The van der Waals surface area contributed by atoms with Crippen molar-refractivity contribution in [1.82, 2.24) is 5.32 Å². The van der Waals surface area contributed by atoms with E-state index in [9.17, 15) is 78.7 Å². The van der Waals surface area contributed by atoms with E-state index in [-0.39, 0.29) is 56.4 Å². The molecule has 0 saturated heterocycles. The molecule has 0 aromatic heterocycles.